The molecule has 0 bridgehead atoms. The van der Waals surface area contributed by atoms with Crippen LogP contribution in [-0.4, -0.2) is 5.16 Å². The van der Waals surface area contributed by atoms with E-state index in [4.69, 9.17) is 9.26 Å². The van der Waals surface area contributed by atoms with Gasteiger partial charge in [-0.2, -0.15) is 0 Å². The molecular weight excluding hydrogens is 209 g/mol. The highest BCUT2D eigenvalue weighted by Gasteiger charge is 2.09. The molecule has 0 radical (unpaired) electrons. The van der Waals surface area contributed by atoms with Crippen LogP contribution in [0.2, 0.25) is 0 Å². The number of hydrogen-bond donors (Lipinski definition) is 0. The number of ether oxygens (including phenoxy) is 1. The molecule has 2 rings (SSSR count). The van der Waals surface area contributed by atoms with E-state index < -0.39 is 0 Å². The summed E-state index contributed by atoms with van der Waals surface area (Å²) in [6.45, 7) is 4.01. The fourth-order valence-corrected chi connectivity index (χ4v) is 1.42. The lowest BCUT2D eigenvalue weighted by atomic mass is 10.2. The Balaban J connectivity index is 2.08. The van der Waals surface area contributed by atoms with Gasteiger partial charge in [0.1, 0.15) is 23.9 Å². The van der Waals surface area contributed by atoms with Crippen molar-refractivity contribution in [2.24, 2.45) is 0 Å². The summed E-state index contributed by atoms with van der Waals surface area (Å²) in [4.78, 5) is 0. The first kappa shape index (κ1) is 10.7. The second-order valence-electron chi connectivity index (χ2n) is 3.55. The third kappa shape index (κ3) is 2.21. The zero-order chi connectivity index (χ0) is 11.5. The summed E-state index contributed by atoms with van der Waals surface area (Å²) in [6, 6.07) is 6.04. The van der Waals surface area contributed by atoms with Crippen molar-refractivity contribution < 1.29 is 13.7 Å². The molecule has 16 heavy (non-hydrogen) atoms. The highest BCUT2D eigenvalue weighted by atomic mass is 19.1. The molecule has 0 spiro atoms. The average molecular weight is 221 g/mol. The van der Waals surface area contributed by atoms with Crippen molar-refractivity contribution in [3.63, 3.8) is 0 Å². The van der Waals surface area contributed by atoms with E-state index in [0.717, 1.165) is 17.0 Å². The van der Waals surface area contributed by atoms with Gasteiger partial charge >= 0.3 is 0 Å². The highest BCUT2D eigenvalue weighted by molar-refractivity contribution is 5.25. The van der Waals surface area contributed by atoms with Crippen molar-refractivity contribution in [2.45, 2.75) is 20.5 Å². The molecule has 0 saturated carbocycles. The summed E-state index contributed by atoms with van der Waals surface area (Å²) in [7, 11) is 0. The third-order valence-corrected chi connectivity index (χ3v) is 2.36. The molecule has 2 aromatic rings. The largest absolute Gasteiger partial charge is 0.489 e. The molecule has 3 nitrogen and oxygen atoms in total. The SMILES string of the molecule is Cc1noc(C)c1COc1cccc(F)c1. The molecule has 0 fully saturated rings. The molecule has 0 aliphatic carbocycles. The molecule has 1 aromatic heterocycles. The van der Waals surface area contributed by atoms with Gasteiger partial charge in [-0.25, -0.2) is 4.39 Å². The number of halogens is 1. The monoisotopic (exact) mass is 221 g/mol. The summed E-state index contributed by atoms with van der Waals surface area (Å²) in [5.41, 5.74) is 1.71. The topological polar surface area (TPSA) is 35.3 Å². The van der Waals surface area contributed by atoms with Crippen LogP contribution in [0.15, 0.2) is 28.8 Å². The quantitative estimate of drug-likeness (QED) is 0.799. The maximum Gasteiger partial charge on any atom is 0.140 e. The van der Waals surface area contributed by atoms with Crippen molar-refractivity contribution in [2.75, 3.05) is 0 Å². The fourth-order valence-electron chi connectivity index (χ4n) is 1.42. The van der Waals surface area contributed by atoms with Crippen LogP contribution in [0.5, 0.6) is 5.75 Å². The van der Waals surface area contributed by atoms with E-state index in [1.54, 1.807) is 12.1 Å². The van der Waals surface area contributed by atoms with Crippen LogP contribution < -0.4 is 4.74 Å². The minimum Gasteiger partial charge on any atom is -0.489 e. The van der Waals surface area contributed by atoms with Crippen molar-refractivity contribution in [3.8, 4) is 5.75 Å². The Hall–Kier alpha value is -1.84. The molecule has 4 heteroatoms. The van der Waals surface area contributed by atoms with Gasteiger partial charge in [-0.3, -0.25) is 0 Å². The number of rotatable bonds is 3. The Labute approximate surface area is 92.8 Å². The van der Waals surface area contributed by atoms with E-state index >= 15 is 0 Å². The van der Waals surface area contributed by atoms with E-state index in [9.17, 15) is 4.39 Å². The van der Waals surface area contributed by atoms with Crippen molar-refractivity contribution in [1.82, 2.24) is 5.16 Å². The molecule has 0 saturated heterocycles. The zero-order valence-electron chi connectivity index (χ0n) is 9.16. The van der Waals surface area contributed by atoms with Gasteiger partial charge in [0.25, 0.3) is 0 Å². The van der Waals surface area contributed by atoms with Crippen LogP contribution in [0.3, 0.4) is 0 Å². The van der Waals surface area contributed by atoms with E-state index in [0.29, 0.717) is 12.4 Å². The van der Waals surface area contributed by atoms with E-state index in [-0.39, 0.29) is 5.82 Å². The van der Waals surface area contributed by atoms with Crippen LogP contribution >= 0.6 is 0 Å². The van der Waals surface area contributed by atoms with Gasteiger partial charge in [-0.15, -0.1) is 0 Å². The minimum absolute atomic E-state index is 0.309. The average Bonchev–Trinajstić information content (AvgIpc) is 2.56. The first-order valence-corrected chi connectivity index (χ1v) is 4.97. The van der Waals surface area contributed by atoms with Gasteiger partial charge in [-0.1, -0.05) is 11.2 Å². The molecule has 84 valence electrons. The van der Waals surface area contributed by atoms with Gasteiger partial charge in [0.2, 0.25) is 0 Å². The second kappa shape index (κ2) is 4.35. The predicted octanol–water partition coefficient (Wildman–Crippen LogP) is 3.01. The first-order valence-electron chi connectivity index (χ1n) is 4.97. The molecule has 1 heterocycles. The Morgan fingerprint density at radius 2 is 2.19 bits per heavy atom. The van der Waals surface area contributed by atoms with Crippen molar-refractivity contribution in [3.05, 3.63) is 47.1 Å². The molecular formula is C12H12FNO2. The maximum atomic E-state index is 12.9. The molecule has 0 N–H and O–H groups in total. The molecule has 0 amide bonds. The summed E-state index contributed by atoms with van der Waals surface area (Å²) in [5.74, 6) is 0.921. The molecule has 1 aromatic carbocycles. The molecule has 0 aliphatic rings. The van der Waals surface area contributed by atoms with Crippen molar-refractivity contribution in [1.29, 1.82) is 0 Å². The standard InChI is InChI=1S/C12H12FNO2/c1-8-12(9(2)16-14-8)7-15-11-5-3-4-10(13)6-11/h3-6H,7H2,1-2H3. The maximum absolute atomic E-state index is 12.9. The summed E-state index contributed by atoms with van der Waals surface area (Å²) in [6.07, 6.45) is 0. The number of aromatic nitrogens is 1. The Bertz CT molecular complexity index is 474. The van der Waals surface area contributed by atoms with E-state index in [1.807, 2.05) is 13.8 Å². The summed E-state index contributed by atoms with van der Waals surface area (Å²) >= 11 is 0. The van der Waals surface area contributed by atoms with Crippen molar-refractivity contribution >= 4 is 0 Å². The Morgan fingerprint density at radius 1 is 1.38 bits per heavy atom. The van der Waals surface area contributed by atoms with E-state index in [2.05, 4.69) is 5.16 Å². The number of hydrogen-bond acceptors (Lipinski definition) is 3. The van der Waals surface area contributed by atoms with E-state index in [1.165, 1.54) is 12.1 Å². The van der Waals surface area contributed by atoms with Gasteiger partial charge in [0, 0.05) is 6.07 Å². The van der Waals surface area contributed by atoms with Gasteiger partial charge < -0.3 is 9.26 Å². The summed E-state index contributed by atoms with van der Waals surface area (Å²) < 4.78 is 23.3. The normalized spacial score (nSPS) is 10.4. The molecule has 0 atom stereocenters. The number of aryl methyl sites for hydroxylation is 2. The first-order chi connectivity index (χ1) is 7.66. The Morgan fingerprint density at radius 3 is 2.81 bits per heavy atom. The lowest BCUT2D eigenvalue weighted by Crippen LogP contribution is -1.97. The van der Waals surface area contributed by atoms with Gasteiger partial charge in [-0.05, 0) is 26.0 Å². The van der Waals surface area contributed by atoms with Crippen LogP contribution in [0.25, 0.3) is 0 Å². The Kier molecular flexibility index (Phi) is 2.90. The minimum atomic E-state index is -0.309. The number of benzene rings is 1. The number of nitrogens with zero attached hydrogens (tertiary/aromatic N) is 1. The highest BCUT2D eigenvalue weighted by Crippen LogP contribution is 2.17. The second-order valence-corrected chi connectivity index (χ2v) is 3.55. The molecule has 0 aliphatic heterocycles. The zero-order valence-corrected chi connectivity index (χ0v) is 9.16. The lowest BCUT2D eigenvalue weighted by Gasteiger charge is -2.05. The third-order valence-electron chi connectivity index (χ3n) is 2.36. The summed E-state index contributed by atoms with van der Waals surface area (Å²) in [5, 5.41) is 3.82. The molecule has 0 unspecified atom stereocenters. The van der Waals surface area contributed by atoms with Gasteiger partial charge in [0.05, 0.1) is 11.3 Å². The lowest BCUT2D eigenvalue weighted by molar-refractivity contribution is 0.300. The van der Waals surface area contributed by atoms with Crippen LogP contribution in [0, 0.1) is 19.7 Å². The van der Waals surface area contributed by atoms with Crippen LogP contribution in [0.4, 0.5) is 4.39 Å². The van der Waals surface area contributed by atoms with Crippen LogP contribution in [-0.2, 0) is 6.61 Å². The van der Waals surface area contributed by atoms with Gasteiger partial charge in [0.15, 0.2) is 0 Å². The predicted molar refractivity (Wildman–Crippen MR) is 56.7 cm³/mol. The smallest absolute Gasteiger partial charge is 0.140 e. The fraction of sp³-hybridized carbons (Fsp3) is 0.250. The van der Waals surface area contributed by atoms with Crippen LogP contribution in [0.1, 0.15) is 17.0 Å².